The Morgan fingerprint density at radius 2 is 2.22 bits per heavy atom. The third kappa shape index (κ3) is 2.59. The van der Waals surface area contributed by atoms with Gasteiger partial charge in [-0.2, -0.15) is 0 Å². The number of carbonyl (C=O) groups excluding carboxylic acids is 1. The summed E-state index contributed by atoms with van der Waals surface area (Å²) in [5.74, 6) is -2.57. The molecule has 1 saturated heterocycles. The fourth-order valence-electron chi connectivity index (χ4n) is 1.96. The van der Waals surface area contributed by atoms with Gasteiger partial charge in [0.05, 0.1) is 5.69 Å². The molecule has 1 atom stereocenters. The molecule has 1 fully saturated rings. The van der Waals surface area contributed by atoms with Gasteiger partial charge >= 0.3 is 5.97 Å². The van der Waals surface area contributed by atoms with Crippen LogP contribution in [0.15, 0.2) is 12.1 Å². The van der Waals surface area contributed by atoms with E-state index in [1.54, 1.807) is 0 Å². The summed E-state index contributed by atoms with van der Waals surface area (Å²) < 4.78 is 31.8. The van der Waals surface area contributed by atoms with Crippen LogP contribution in [0, 0.1) is 11.6 Å². The van der Waals surface area contributed by atoms with E-state index in [9.17, 15) is 13.6 Å². The highest BCUT2D eigenvalue weighted by atomic mass is 19.1. The summed E-state index contributed by atoms with van der Waals surface area (Å²) in [4.78, 5) is 13.7. The van der Waals surface area contributed by atoms with Crippen molar-refractivity contribution in [1.29, 1.82) is 0 Å². The Balaban J connectivity index is 2.14. The maximum Gasteiger partial charge on any atom is 0.341 e. The fourth-order valence-corrected chi connectivity index (χ4v) is 1.96. The number of anilines is 1. The molecule has 0 aromatic heterocycles. The molecule has 0 bridgehead atoms. The lowest BCUT2D eigenvalue weighted by Crippen LogP contribution is -2.23. The number of benzene rings is 1. The summed E-state index contributed by atoms with van der Waals surface area (Å²) in [6.45, 7) is 1.41. The van der Waals surface area contributed by atoms with Crippen molar-refractivity contribution in [3.8, 4) is 0 Å². The van der Waals surface area contributed by atoms with Crippen LogP contribution >= 0.6 is 0 Å². The lowest BCUT2D eigenvalue weighted by Gasteiger charge is -2.13. The van der Waals surface area contributed by atoms with Crippen LogP contribution in [0.1, 0.15) is 16.8 Å². The van der Waals surface area contributed by atoms with E-state index in [1.807, 2.05) is 11.9 Å². The number of halogens is 2. The smallest absolute Gasteiger partial charge is 0.341 e. The minimum Gasteiger partial charge on any atom is -0.457 e. The molecule has 0 amide bonds. The molecule has 18 heavy (non-hydrogen) atoms. The Morgan fingerprint density at radius 3 is 2.83 bits per heavy atom. The Hall–Kier alpha value is -1.69. The Morgan fingerprint density at radius 1 is 1.50 bits per heavy atom. The van der Waals surface area contributed by atoms with Gasteiger partial charge in [0.1, 0.15) is 17.5 Å². The average Bonchev–Trinajstić information content (AvgIpc) is 2.69. The van der Waals surface area contributed by atoms with E-state index in [4.69, 9.17) is 10.5 Å². The Kier molecular flexibility index (Phi) is 3.47. The first-order chi connectivity index (χ1) is 8.47. The van der Waals surface area contributed by atoms with Crippen LogP contribution in [0.4, 0.5) is 14.5 Å². The van der Waals surface area contributed by atoms with E-state index in [2.05, 4.69) is 0 Å². The van der Waals surface area contributed by atoms with Crippen molar-refractivity contribution in [3.63, 3.8) is 0 Å². The third-order valence-electron chi connectivity index (χ3n) is 2.91. The largest absolute Gasteiger partial charge is 0.457 e. The van der Waals surface area contributed by atoms with Gasteiger partial charge in [0.25, 0.3) is 0 Å². The minimum atomic E-state index is -0.937. The van der Waals surface area contributed by atoms with Gasteiger partial charge in [-0.25, -0.2) is 13.6 Å². The SMILES string of the molecule is CN1CCC(OC(=O)c2cc(F)cc(N)c2F)C1. The van der Waals surface area contributed by atoms with Gasteiger partial charge in [-0.15, -0.1) is 0 Å². The van der Waals surface area contributed by atoms with Crippen molar-refractivity contribution in [2.24, 2.45) is 0 Å². The van der Waals surface area contributed by atoms with Crippen molar-refractivity contribution >= 4 is 11.7 Å². The first-order valence-electron chi connectivity index (χ1n) is 5.61. The second-order valence-electron chi connectivity index (χ2n) is 4.43. The number of hydrogen-bond donors (Lipinski definition) is 1. The lowest BCUT2D eigenvalue weighted by molar-refractivity contribution is 0.0321. The molecule has 0 radical (unpaired) electrons. The Bertz CT molecular complexity index is 479. The molecule has 0 saturated carbocycles. The summed E-state index contributed by atoms with van der Waals surface area (Å²) in [6.07, 6.45) is 0.403. The molecule has 1 aliphatic heterocycles. The molecule has 2 N–H and O–H groups in total. The van der Waals surface area contributed by atoms with Gasteiger partial charge in [0.15, 0.2) is 5.82 Å². The number of carbonyl (C=O) groups is 1. The first-order valence-corrected chi connectivity index (χ1v) is 5.61. The topological polar surface area (TPSA) is 55.6 Å². The molecule has 4 nitrogen and oxygen atoms in total. The van der Waals surface area contributed by atoms with E-state index >= 15 is 0 Å². The summed E-state index contributed by atoms with van der Waals surface area (Å²) >= 11 is 0. The van der Waals surface area contributed by atoms with Crippen molar-refractivity contribution in [1.82, 2.24) is 4.90 Å². The molecule has 6 heteroatoms. The maximum absolute atomic E-state index is 13.6. The van der Waals surface area contributed by atoms with Crippen molar-refractivity contribution < 1.29 is 18.3 Å². The number of esters is 1. The van der Waals surface area contributed by atoms with Gasteiger partial charge in [-0.05, 0) is 25.6 Å². The molecular weight excluding hydrogens is 242 g/mol. The van der Waals surface area contributed by atoms with Crippen molar-refractivity contribution in [2.75, 3.05) is 25.9 Å². The van der Waals surface area contributed by atoms with Crippen molar-refractivity contribution in [3.05, 3.63) is 29.3 Å². The van der Waals surface area contributed by atoms with E-state index in [1.165, 1.54) is 0 Å². The number of rotatable bonds is 2. The lowest BCUT2D eigenvalue weighted by atomic mass is 10.2. The quantitative estimate of drug-likeness (QED) is 0.642. The molecule has 1 heterocycles. The van der Waals surface area contributed by atoms with E-state index in [-0.39, 0.29) is 6.10 Å². The molecule has 1 unspecified atom stereocenters. The summed E-state index contributed by atoms with van der Waals surface area (Å²) in [5.41, 5.74) is 4.40. The highest BCUT2D eigenvalue weighted by Gasteiger charge is 2.25. The number of nitrogens with two attached hydrogens (primary N) is 1. The zero-order valence-electron chi connectivity index (χ0n) is 9.95. The number of hydrogen-bond acceptors (Lipinski definition) is 4. The van der Waals surface area contributed by atoms with Crippen LogP contribution in [0.3, 0.4) is 0 Å². The molecule has 0 aliphatic carbocycles. The summed E-state index contributed by atoms with van der Waals surface area (Å²) in [7, 11) is 1.90. The highest BCUT2D eigenvalue weighted by molar-refractivity contribution is 5.91. The molecular formula is C12H14F2N2O2. The molecule has 1 aromatic rings. The fraction of sp³-hybridized carbons (Fsp3) is 0.417. The van der Waals surface area contributed by atoms with Gasteiger partial charge in [-0.1, -0.05) is 0 Å². The maximum atomic E-state index is 13.6. The molecule has 2 rings (SSSR count). The third-order valence-corrected chi connectivity index (χ3v) is 2.91. The molecule has 1 aromatic carbocycles. The van der Waals surface area contributed by atoms with E-state index in [0.29, 0.717) is 13.0 Å². The van der Waals surface area contributed by atoms with Crippen LogP contribution in [-0.4, -0.2) is 37.1 Å². The molecule has 98 valence electrons. The predicted molar refractivity (Wildman–Crippen MR) is 62.1 cm³/mol. The number of nitrogens with zero attached hydrogens (tertiary/aromatic N) is 1. The van der Waals surface area contributed by atoms with Crippen LogP contribution in [0.5, 0.6) is 0 Å². The van der Waals surface area contributed by atoms with Crippen LogP contribution in [0.25, 0.3) is 0 Å². The second kappa shape index (κ2) is 4.89. The number of ether oxygens (including phenoxy) is 1. The number of likely N-dealkylation sites (tertiary alicyclic amines) is 1. The first kappa shape index (κ1) is 12.8. The van der Waals surface area contributed by atoms with Gasteiger partial charge in [0, 0.05) is 13.1 Å². The normalized spacial score (nSPS) is 20.1. The van der Waals surface area contributed by atoms with Gasteiger partial charge in [0.2, 0.25) is 0 Å². The van der Waals surface area contributed by atoms with Gasteiger partial charge in [-0.3, -0.25) is 0 Å². The number of nitrogen functional groups attached to an aromatic ring is 1. The predicted octanol–water partition coefficient (Wildman–Crippen LogP) is 1.41. The van der Waals surface area contributed by atoms with Crippen LogP contribution < -0.4 is 5.73 Å². The monoisotopic (exact) mass is 256 g/mol. The molecule has 0 spiro atoms. The zero-order valence-corrected chi connectivity index (χ0v) is 9.95. The van der Waals surface area contributed by atoms with Crippen LogP contribution in [-0.2, 0) is 4.74 Å². The van der Waals surface area contributed by atoms with E-state index in [0.717, 1.165) is 18.7 Å². The highest BCUT2D eigenvalue weighted by Crippen LogP contribution is 2.20. The van der Waals surface area contributed by atoms with Gasteiger partial charge < -0.3 is 15.4 Å². The summed E-state index contributed by atoms with van der Waals surface area (Å²) in [6, 6.07) is 1.63. The van der Waals surface area contributed by atoms with Crippen LogP contribution in [0.2, 0.25) is 0 Å². The average molecular weight is 256 g/mol. The molecule has 1 aliphatic rings. The summed E-state index contributed by atoms with van der Waals surface area (Å²) in [5, 5.41) is 0. The minimum absolute atomic E-state index is 0.286. The number of likely N-dealkylation sites (N-methyl/N-ethyl adjacent to an activating group) is 1. The Labute approximate surface area is 103 Å². The van der Waals surface area contributed by atoms with E-state index < -0.39 is 28.9 Å². The van der Waals surface area contributed by atoms with Crippen molar-refractivity contribution in [2.45, 2.75) is 12.5 Å². The zero-order chi connectivity index (χ0) is 13.3. The standard InChI is InChI=1S/C12H14F2N2O2/c1-16-3-2-8(6-16)18-12(17)9-4-7(13)5-10(15)11(9)14/h4-5,8H,2-3,6,15H2,1H3. The second-order valence-corrected chi connectivity index (χ2v) is 4.43.